The quantitative estimate of drug-likeness (QED) is 0.376. The largest absolute Gasteiger partial charge is 0.357 e. The standard InChI is InChI=1S/C19H29N7.HI/c1-3-20-19(23-15-17-8-10-24-25(17)2)22-14-16-7-9-21-18(13-16)26-11-5-4-6-12-26;/h7-10,13H,3-6,11-12,14-15H2,1-2H3,(H2,20,22,23);1H. The van der Waals surface area contributed by atoms with Crippen LogP contribution in [0.2, 0.25) is 0 Å². The van der Waals surface area contributed by atoms with Crippen molar-refractivity contribution in [3.8, 4) is 0 Å². The molecule has 0 aliphatic carbocycles. The van der Waals surface area contributed by atoms with Crippen molar-refractivity contribution < 1.29 is 0 Å². The van der Waals surface area contributed by atoms with Crippen LogP contribution in [0.4, 0.5) is 5.82 Å². The predicted octanol–water partition coefficient (Wildman–Crippen LogP) is 2.68. The zero-order valence-corrected chi connectivity index (χ0v) is 18.5. The van der Waals surface area contributed by atoms with Gasteiger partial charge in [0.15, 0.2) is 5.96 Å². The molecular formula is C19H30IN7. The van der Waals surface area contributed by atoms with Crippen LogP contribution in [0.15, 0.2) is 35.6 Å². The van der Waals surface area contributed by atoms with Crippen molar-refractivity contribution in [2.24, 2.45) is 12.0 Å². The summed E-state index contributed by atoms with van der Waals surface area (Å²) in [6.07, 6.45) is 7.54. The molecule has 0 unspecified atom stereocenters. The Morgan fingerprint density at radius 1 is 1.15 bits per heavy atom. The Morgan fingerprint density at radius 3 is 2.67 bits per heavy atom. The summed E-state index contributed by atoms with van der Waals surface area (Å²) in [5, 5.41) is 10.9. The zero-order valence-electron chi connectivity index (χ0n) is 16.2. The maximum atomic E-state index is 4.72. The second kappa shape index (κ2) is 11.1. The molecule has 3 rings (SSSR count). The fourth-order valence-corrected chi connectivity index (χ4v) is 3.12. The summed E-state index contributed by atoms with van der Waals surface area (Å²) in [7, 11) is 1.94. The summed E-state index contributed by atoms with van der Waals surface area (Å²) in [5.74, 6) is 1.88. The Kier molecular flexibility index (Phi) is 8.83. The van der Waals surface area contributed by atoms with Crippen LogP contribution < -0.4 is 15.5 Å². The van der Waals surface area contributed by atoms with Gasteiger partial charge in [-0.2, -0.15) is 5.10 Å². The zero-order chi connectivity index (χ0) is 18.2. The molecule has 0 bridgehead atoms. The average molecular weight is 483 g/mol. The number of hydrogen-bond donors (Lipinski definition) is 2. The van der Waals surface area contributed by atoms with Crippen molar-refractivity contribution >= 4 is 35.8 Å². The Hall–Kier alpha value is -1.84. The van der Waals surface area contributed by atoms with Gasteiger partial charge in [0.1, 0.15) is 5.82 Å². The van der Waals surface area contributed by atoms with E-state index < -0.39 is 0 Å². The lowest BCUT2D eigenvalue weighted by atomic mass is 10.1. The normalized spacial score (nSPS) is 14.6. The van der Waals surface area contributed by atoms with Crippen LogP contribution in [-0.4, -0.2) is 40.4 Å². The minimum absolute atomic E-state index is 0. The van der Waals surface area contributed by atoms with Crippen LogP contribution >= 0.6 is 24.0 Å². The first kappa shape index (κ1) is 21.5. The highest BCUT2D eigenvalue weighted by Gasteiger charge is 2.12. The summed E-state index contributed by atoms with van der Waals surface area (Å²) >= 11 is 0. The summed E-state index contributed by atoms with van der Waals surface area (Å²) < 4.78 is 1.87. The van der Waals surface area contributed by atoms with Gasteiger partial charge in [-0.3, -0.25) is 4.68 Å². The number of aryl methyl sites for hydroxylation is 1. The fraction of sp³-hybridized carbons (Fsp3) is 0.526. The van der Waals surface area contributed by atoms with Crippen molar-refractivity contribution in [3.63, 3.8) is 0 Å². The highest BCUT2D eigenvalue weighted by atomic mass is 127. The highest BCUT2D eigenvalue weighted by molar-refractivity contribution is 14.0. The first-order chi connectivity index (χ1) is 12.8. The number of nitrogens with zero attached hydrogens (tertiary/aromatic N) is 5. The predicted molar refractivity (Wildman–Crippen MR) is 121 cm³/mol. The van der Waals surface area contributed by atoms with Gasteiger partial charge in [0, 0.05) is 39.1 Å². The van der Waals surface area contributed by atoms with E-state index in [4.69, 9.17) is 4.99 Å². The Labute approximate surface area is 178 Å². The van der Waals surface area contributed by atoms with Gasteiger partial charge >= 0.3 is 0 Å². The lowest BCUT2D eigenvalue weighted by Gasteiger charge is -2.27. The van der Waals surface area contributed by atoms with E-state index >= 15 is 0 Å². The summed E-state index contributed by atoms with van der Waals surface area (Å²) in [4.78, 5) is 11.6. The Morgan fingerprint density at radius 2 is 1.96 bits per heavy atom. The van der Waals surface area contributed by atoms with E-state index in [0.717, 1.165) is 37.1 Å². The monoisotopic (exact) mass is 483 g/mol. The number of hydrogen-bond acceptors (Lipinski definition) is 4. The van der Waals surface area contributed by atoms with Crippen LogP contribution in [-0.2, 0) is 20.1 Å². The molecule has 1 aliphatic rings. The van der Waals surface area contributed by atoms with Crippen molar-refractivity contribution in [1.29, 1.82) is 0 Å². The van der Waals surface area contributed by atoms with E-state index in [0.29, 0.717) is 13.1 Å². The average Bonchev–Trinajstić information content (AvgIpc) is 3.10. The molecular weight excluding hydrogens is 453 g/mol. The number of guanidine groups is 1. The third-order valence-electron chi connectivity index (χ3n) is 4.61. The molecule has 2 N–H and O–H groups in total. The maximum absolute atomic E-state index is 4.72. The van der Waals surface area contributed by atoms with Gasteiger partial charge in [-0.15, -0.1) is 24.0 Å². The van der Waals surface area contributed by atoms with E-state index in [1.807, 2.05) is 30.1 Å². The van der Waals surface area contributed by atoms with E-state index in [1.165, 1.54) is 24.8 Å². The van der Waals surface area contributed by atoms with Crippen molar-refractivity contribution in [2.75, 3.05) is 24.5 Å². The number of aromatic nitrogens is 3. The molecule has 1 fully saturated rings. The van der Waals surface area contributed by atoms with Crippen molar-refractivity contribution in [1.82, 2.24) is 25.4 Å². The smallest absolute Gasteiger partial charge is 0.191 e. The number of rotatable bonds is 6. The molecule has 7 nitrogen and oxygen atoms in total. The third-order valence-corrected chi connectivity index (χ3v) is 4.61. The minimum Gasteiger partial charge on any atom is -0.357 e. The van der Waals surface area contributed by atoms with Gasteiger partial charge in [-0.25, -0.2) is 9.98 Å². The van der Waals surface area contributed by atoms with E-state index in [9.17, 15) is 0 Å². The van der Waals surface area contributed by atoms with Crippen LogP contribution in [0.1, 0.15) is 37.4 Å². The second-order valence-electron chi connectivity index (χ2n) is 6.56. The molecule has 0 saturated carbocycles. The van der Waals surface area contributed by atoms with Gasteiger partial charge in [0.05, 0.1) is 18.8 Å². The van der Waals surface area contributed by atoms with Gasteiger partial charge in [0.2, 0.25) is 0 Å². The molecule has 0 aromatic carbocycles. The molecule has 27 heavy (non-hydrogen) atoms. The maximum Gasteiger partial charge on any atom is 0.191 e. The van der Waals surface area contributed by atoms with Crippen LogP contribution in [0.25, 0.3) is 0 Å². The molecule has 0 amide bonds. The first-order valence-electron chi connectivity index (χ1n) is 9.45. The molecule has 0 atom stereocenters. The lowest BCUT2D eigenvalue weighted by molar-refractivity contribution is 0.573. The first-order valence-corrected chi connectivity index (χ1v) is 9.45. The summed E-state index contributed by atoms with van der Waals surface area (Å²) in [6, 6.07) is 6.21. The molecule has 0 spiro atoms. The van der Waals surface area contributed by atoms with E-state index in [2.05, 4.69) is 38.6 Å². The van der Waals surface area contributed by atoms with E-state index in [1.54, 1.807) is 6.20 Å². The van der Waals surface area contributed by atoms with Gasteiger partial charge in [-0.05, 0) is 49.9 Å². The molecule has 2 aromatic rings. The van der Waals surface area contributed by atoms with Gasteiger partial charge in [-0.1, -0.05) is 0 Å². The van der Waals surface area contributed by atoms with Crippen molar-refractivity contribution in [2.45, 2.75) is 39.3 Å². The summed E-state index contributed by atoms with van der Waals surface area (Å²) in [6.45, 7) is 6.43. The van der Waals surface area contributed by atoms with Crippen LogP contribution in [0, 0.1) is 0 Å². The molecule has 2 aromatic heterocycles. The molecule has 1 aliphatic heterocycles. The van der Waals surface area contributed by atoms with Crippen LogP contribution in [0.5, 0.6) is 0 Å². The van der Waals surface area contributed by atoms with Gasteiger partial charge < -0.3 is 15.5 Å². The number of piperidine rings is 1. The lowest BCUT2D eigenvalue weighted by Crippen LogP contribution is -2.37. The number of pyridine rings is 1. The Balaban J connectivity index is 0.00000261. The number of anilines is 1. The van der Waals surface area contributed by atoms with E-state index in [-0.39, 0.29) is 24.0 Å². The second-order valence-corrected chi connectivity index (χ2v) is 6.56. The number of nitrogens with one attached hydrogen (secondary N) is 2. The fourth-order valence-electron chi connectivity index (χ4n) is 3.12. The SMILES string of the molecule is CCNC(=NCc1ccnc(N2CCCCC2)c1)NCc1ccnn1C.I. The number of aliphatic imine (C=N–C) groups is 1. The topological polar surface area (TPSA) is 70.4 Å². The van der Waals surface area contributed by atoms with Crippen LogP contribution in [0.3, 0.4) is 0 Å². The minimum atomic E-state index is 0. The molecule has 1 saturated heterocycles. The Bertz CT molecular complexity index is 722. The number of halogens is 1. The highest BCUT2D eigenvalue weighted by Crippen LogP contribution is 2.18. The molecule has 8 heteroatoms. The van der Waals surface area contributed by atoms with Crippen molar-refractivity contribution in [3.05, 3.63) is 41.9 Å². The van der Waals surface area contributed by atoms with Gasteiger partial charge in [0.25, 0.3) is 0 Å². The molecule has 148 valence electrons. The summed E-state index contributed by atoms with van der Waals surface area (Å²) in [5.41, 5.74) is 2.30. The molecule has 3 heterocycles. The molecule has 0 radical (unpaired) electrons. The third kappa shape index (κ3) is 6.37.